The maximum Gasteiger partial charge on any atom is 0.334 e. The predicted octanol–water partition coefficient (Wildman–Crippen LogP) is 3.21. The van der Waals surface area contributed by atoms with Gasteiger partial charge in [-0.05, 0) is 43.4 Å². The molecular weight excluding hydrogens is 361 g/mol. The smallest absolute Gasteiger partial charge is 0.334 e. The van der Waals surface area contributed by atoms with Crippen molar-refractivity contribution in [1.29, 1.82) is 0 Å². The highest BCUT2D eigenvalue weighted by molar-refractivity contribution is 6.20. The third-order valence-corrected chi connectivity index (χ3v) is 5.42. The van der Waals surface area contributed by atoms with E-state index in [1.165, 1.54) is 6.07 Å². The standard InChI is InChI=1S/C21H28FN3O3/c1-5-24-13-21(19(27)28,18(26)15-11-14(22)8-9-16(15)24)25-10-6-7-17(25)23-12-20(2,3)4/h8-9,11-12,17H,5-7,10,13H2,1-4H3,(H,27,28). The van der Waals surface area contributed by atoms with E-state index in [1.54, 1.807) is 11.0 Å². The van der Waals surface area contributed by atoms with Gasteiger partial charge in [0.1, 0.15) is 12.0 Å². The van der Waals surface area contributed by atoms with Crippen molar-refractivity contribution in [2.24, 2.45) is 10.4 Å². The van der Waals surface area contributed by atoms with Gasteiger partial charge in [-0.25, -0.2) is 9.18 Å². The zero-order valence-corrected chi connectivity index (χ0v) is 16.9. The molecule has 0 radical (unpaired) electrons. The summed E-state index contributed by atoms with van der Waals surface area (Å²) in [5.74, 6) is -2.31. The van der Waals surface area contributed by atoms with Crippen molar-refractivity contribution >= 4 is 23.7 Å². The van der Waals surface area contributed by atoms with Gasteiger partial charge in [0.15, 0.2) is 5.78 Å². The zero-order valence-electron chi connectivity index (χ0n) is 16.9. The van der Waals surface area contributed by atoms with Crippen molar-refractivity contribution in [1.82, 2.24) is 4.90 Å². The summed E-state index contributed by atoms with van der Waals surface area (Å²) >= 11 is 0. The molecule has 2 atom stereocenters. The lowest BCUT2D eigenvalue weighted by Gasteiger charge is -2.46. The number of halogens is 1. The van der Waals surface area contributed by atoms with Crippen LogP contribution in [0.5, 0.6) is 0 Å². The minimum absolute atomic E-state index is 0.0256. The van der Waals surface area contributed by atoms with Gasteiger partial charge in [0.05, 0.1) is 6.54 Å². The fourth-order valence-electron chi connectivity index (χ4n) is 4.07. The SMILES string of the molecule is CCN1CC(C(=O)O)(N2CCCC2N=CC(C)(C)C)C(=O)c2cc(F)ccc21. The molecule has 3 rings (SSSR count). The molecule has 2 heterocycles. The normalized spacial score (nSPS) is 26.1. The fraction of sp³-hybridized carbons (Fsp3) is 0.571. The molecule has 0 amide bonds. The highest BCUT2D eigenvalue weighted by Crippen LogP contribution is 2.39. The van der Waals surface area contributed by atoms with E-state index in [0.29, 0.717) is 25.2 Å². The van der Waals surface area contributed by atoms with Crippen LogP contribution in [0.15, 0.2) is 23.2 Å². The lowest BCUT2D eigenvalue weighted by molar-refractivity contribution is -0.148. The monoisotopic (exact) mass is 389 g/mol. The van der Waals surface area contributed by atoms with E-state index in [-0.39, 0.29) is 23.7 Å². The Morgan fingerprint density at radius 1 is 1.43 bits per heavy atom. The van der Waals surface area contributed by atoms with E-state index in [9.17, 15) is 19.1 Å². The number of carboxylic acid groups (broad SMARTS) is 1. The van der Waals surface area contributed by atoms with E-state index >= 15 is 0 Å². The van der Waals surface area contributed by atoms with E-state index in [0.717, 1.165) is 12.5 Å². The lowest BCUT2D eigenvalue weighted by Crippen LogP contribution is -2.68. The Morgan fingerprint density at radius 2 is 2.14 bits per heavy atom. The van der Waals surface area contributed by atoms with Crippen molar-refractivity contribution in [3.05, 3.63) is 29.6 Å². The Labute approximate surface area is 165 Å². The molecule has 1 aromatic carbocycles. The van der Waals surface area contributed by atoms with Gasteiger partial charge >= 0.3 is 5.97 Å². The molecule has 152 valence electrons. The summed E-state index contributed by atoms with van der Waals surface area (Å²) in [5, 5.41) is 10.2. The Morgan fingerprint density at radius 3 is 2.75 bits per heavy atom. The average molecular weight is 389 g/mol. The van der Waals surface area contributed by atoms with Gasteiger partial charge in [0.2, 0.25) is 5.54 Å². The highest BCUT2D eigenvalue weighted by atomic mass is 19.1. The number of anilines is 1. The first-order valence-electron chi connectivity index (χ1n) is 9.74. The Kier molecular flexibility index (Phi) is 5.32. The summed E-state index contributed by atoms with van der Waals surface area (Å²) < 4.78 is 13.9. The number of carboxylic acids is 1. The zero-order chi connectivity index (χ0) is 20.7. The van der Waals surface area contributed by atoms with Crippen molar-refractivity contribution in [2.45, 2.75) is 52.2 Å². The minimum atomic E-state index is -1.77. The first kappa shape index (κ1) is 20.5. The van der Waals surface area contributed by atoms with Gasteiger partial charge in [-0.2, -0.15) is 0 Å². The second-order valence-electron chi connectivity index (χ2n) is 8.63. The molecule has 28 heavy (non-hydrogen) atoms. The molecule has 1 aromatic rings. The summed E-state index contributed by atoms with van der Waals surface area (Å²) in [6, 6.07) is 4.01. The number of hydrogen-bond acceptors (Lipinski definition) is 5. The van der Waals surface area contributed by atoms with Crippen LogP contribution in [0.25, 0.3) is 0 Å². The molecule has 1 saturated heterocycles. The number of nitrogens with zero attached hydrogens (tertiary/aromatic N) is 3. The van der Waals surface area contributed by atoms with Gasteiger partial charge < -0.3 is 10.0 Å². The summed E-state index contributed by atoms with van der Waals surface area (Å²) in [6.45, 7) is 8.97. The summed E-state index contributed by atoms with van der Waals surface area (Å²) in [5.41, 5.74) is -1.21. The molecule has 0 spiro atoms. The molecule has 2 aliphatic rings. The average Bonchev–Trinajstić information content (AvgIpc) is 3.09. The summed E-state index contributed by atoms with van der Waals surface area (Å²) in [7, 11) is 0. The Hall–Kier alpha value is -2.28. The fourth-order valence-corrected chi connectivity index (χ4v) is 4.07. The number of Topliss-reactive ketones (excluding diaryl/α,β-unsaturated/α-hetero) is 1. The second kappa shape index (κ2) is 7.28. The predicted molar refractivity (Wildman–Crippen MR) is 107 cm³/mol. The highest BCUT2D eigenvalue weighted by Gasteiger charge is 2.58. The molecule has 0 bridgehead atoms. The molecule has 7 heteroatoms. The van der Waals surface area contributed by atoms with E-state index in [1.807, 2.05) is 38.8 Å². The summed E-state index contributed by atoms with van der Waals surface area (Å²) in [4.78, 5) is 34.2. The van der Waals surface area contributed by atoms with E-state index in [2.05, 4.69) is 4.99 Å². The Bertz CT molecular complexity index is 818. The number of ketones is 1. The number of rotatable bonds is 4. The van der Waals surface area contributed by atoms with Gasteiger partial charge in [0.25, 0.3) is 0 Å². The molecule has 6 nitrogen and oxygen atoms in total. The maximum absolute atomic E-state index is 13.9. The third kappa shape index (κ3) is 3.43. The number of aliphatic carboxylic acids is 1. The van der Waals surface area contributed by atoms with Crippen LogP contribution in [0.1, 0.15) is 50.9 Å². The van der Waals surface area contributed by atoms with E-state index < -0.39 is 23.1 Å². The summed E-state index contributed by atoms with van der Waals surface area (Å²) in [6.07, 6.45) is 2.89. The number of likely N-dealkylation sites (N-methyl/N-ethyl adjacent to an activating group) is 1. The Balaban J connectivity index is 2.10. The maximum atomic E-state index is 13.9. The van der Waals surface area contributed by atoms with Crippen LogP contribution in [0.4, 0.5) is 10.1 Å². The minimum Gasteiger partial charge on any atom is -0.479 e. The number of benzene rings is 1. The van der Waals surface area contributed by atoms with Crippen LogP contribution in [0, 0.1) is 11.2 Å². The van der Waals surface area contributed by atoms with Gasteiger partial charge in [0, 0.05) is 30.6 Å². The van der Waals surface area contributed by atoms with Gasteiger partial charge in [-0.1, -0.05) is 20.8 Å². The molecule has 0 aliphatic carbocycles. The molecule has 0 aromatic heterocycles. The third-order valence-electron chi connectivity index (χ3n) is 5.42. The van der Waals surface area contributed by atoms with Crippen LogP contribution in [-0.4, -0.2) is 59.3 Å². The van der Waals surface area contributed by atoms with Crippen molar-refractivity contribution in [3.8, 4) is 0 Å². The number of likely N-dealkylation sites (tertiary alicyclic amines) is 1. The van der Waals surface area contributed by atoms with Gasteiger partial charge in [-0.15, -0.1) is 0 Å². The first-order valence-corrected chi connectivity index (χ1v) is 9.74. The molecule has 0 saturated carbocycles. The molecule has 2 aliphatic heterocycles. The van der Waals surface area contributed by atoms with Crippen LogP contribution >= 0.6 is 0 Å². The van der Waals surface area contributed by atoms with Crippen molar-refractivity contribution in [3.63, 3.8) is 0 Å². The molecule has 1 fully saturated rings. The molecular formula is C21H28FN3O3. The number of carbonyl (C=O) groups is 2. The second-order valence-corrected chi connectivity index (χ2v) is 8.63. The largest absolute Gasteiger partial charge is 0.479 e. The topological polar surface area (TPSA) is 73.2 Å². The van der Waals surface area contributed by atoms with Crippen molar-refractivity contribution in [2.75, 3.05) is 24.5 Å². The lowest BCUT2D eigenvalue weighted by atomic mass is 9.82. The quantitative estimate of drug-likeness (QED) is 0.632. The number of carbonyl (C=O) groups excluding carboxylic acids is 1. The van der Waals surface area contributed by atoms with Crippen molar-refractivity contribution < 1.29 is 19.1 Å². The van der Waals surface area contributed by atoms with Crippen LogP contribution in [0.3, 0.4) is 0 Å². The molecule has 1 N–H and O–H groups in total. The van der Waals surface area contributed by atoms with E-state index in [4.69, 9.17) is 0 Å². The number of aliphatic imine (C=N–C) groups is 1. The first-order chi connectivity index (χ1) is 13.1. The number of hydrogen-bond donors (Lipinski definition) is 1. The van der Waals surface area contributed by atoms with Crippen LogP contribution in [0.2, 0.25) is 0 Å². The number of fused-ring (bicyclic) bond motifs is 1. The van der Waals surface area contributed by atoms with Gasteiger partial charge in [-0.3, -0.25) is 14.7 Å². The molecule has 2 unspecified atom stereocenters. The van der Waals surface area contributed by atoms with Crippen LogP contribution < -0.4 is 4.90 Å². The van der Waals surface area contributed by atoms with Crippen LogP contribution in [-0.2, 0) is 4.79 Å².